The van der Waals surface area contributed by atoms with E-state index in [1.165, 1.54) is 19.4 Å². The van der Waals surface area contributed by atoms with Gasteiger partial charge in [0.25, 0.3) is 0 Å². The van der Waals surface area contributed by atoms with Crippen molar-refractivity contribution >= 4 is 5.91 Å². The summed E-state index contributed by atoms with van der Waals surface area (Å²) in [5, 5.41) is 2.75. The Morgan fingerprint density at radius 1 is 1.44 bits per heavy atom. The number of nitrogens with zero attached hydrogens (tertiary/aromatic N) is 1. The van der Waals surface area contributed by atoms with Gasteiger partial charge in [-0.25, -0.2) is 0 Å². The Morgan fingerprint density at radius 2 is 2.25 bits per heavy atom. The lowest BCUT2D eigenvalue weighted by atomic mass is 10.00. The minimum Gasteiger partial charge on any atom is -0.371 e. The minimum atomic E-state index is 0.0826. The third kappa shape index (κ3) is 1.96. The number of carbonyl (C=O) groups is 1. The zero-order valence-corrected chi connectivity index (χ0v) is 9.82. The van der Waals surface area contributed by atoms with Gasteiger partial charge in [-0.1, -0.05) is 0 Å². The van der Waals surface area contributed by atoms with Gasteiger partial charge in [-0.15, -0.1) is 0 Å². The molecule has 1 saturated carbocycles. The van der Waals surface area contributed by atoms with E-state index < -0.39 is 0 Å². The Bertz CT molecular complexity index is 291. The van der Waals surface area contributed by atoms with Crippen LogP contribution in [0.15, 0.2) is 0 Å². The summed E-state index contributed by atoms with van der Waals surface area (Å²) in [5.41, 5.74) is 0. The molecular weight excluding hydrogens is 204 g/mol. The molecule has 0 aromatic heterocycles. The van der Waals surface area contributed by atoms with Crippen molar-refractivity contribution in [3.8, 4) is 0 Å². The monoisotopic (exact) mass is 224 g/mol. The number of hydrogen-bond acceptors (Lipinski definition) is 3. The van der Waals surface area contributed by atoms with Gasteiger partial charge in [0.1, 0.15) is 0 Å². The molecule has 16 heavy (non-hydrogen) atoms. The van der Waals surface area contributed by atoms with E-state index in [-0.39, 0.29) is 17.9 Å². The molecule has 2 bridgehead atoms. The van der Waals surface area contributed by atoms with Crippen LogP contribution in [-0.2, 0) is 9.53 Å². The van der Waals surface area contributed by atoms with Crippen LogP contribution in [0.5, 0.6) is 0 Å². The Morgan fingerprint density at radius 3 is 2.94 bits per heavy atom. The summed E-state index contributed by atoms with van der Waals surface area (Å²) in [6, 6.07) is 0. The predicted molar refractivity (Wildman–Crippen MR) is 60.0 cm³/mol. The molecule has 1 N–H and O–H groups in total. The molecular formula is C12H20N2O2. The van der Waals surface area contributed by atoms with Crippen molar-refractivity contribution in [1.82, 2.24) is 10.2 Å². The van der Waals surface area contributed by atoms with Crippen LogP contribution in [-0.4, -0.2) is 49.7 Å². The highest BCUT2D eigenvalue weighted by Gasteiger charge is 2.44. The first kappa shape index (κ1) is 10.5. The SMILES string of the molecule is CNC(=O)[C@H]1C[C@H]2CN(CC3CC3)C[C@H]1O2. The topological polar surface area (TPSA) is 41.6 Å². The summed E-state index contributed by atoms with van der Waals surface area (Å²) in [5.74, 6) is 1.16. The van der Waals surface area contributed by atoms with Crippen molar-refractivity contribution in [2.45, 2.75) is 31.5 Å². The van der Waals surface area contributed by atoms with E-state index in [2.05, 4.69) is 10.2 Å². The normalized spacial score (nSPS) is 38.7. The van der Waals surface area contributed by atoms with Crippen molar-refractivity contribution in [2.24, 2.45) is 11.8 Å². The first-order chi connectivity index (χ1) is 7.76. The molecule has 90 valence electrons. The van der Waals surface area contributed by atoms with Crippen LogP contribution >= 0.6 is 0 Å². The maximum atomic E-state index is 11.7. The second kappa shape index (κ2) is 4.00. The molecule has 2 heterocycles. The van der Waals surface area contributed by atoms with E-state index in [0.29, 0.717) is 6.10 Å². The molecule has 0 aromatic carbocycles. The number of rotatable bonds is 3. The van der Waals surface area contributed by atoms with E-state index >= 15 is 0 Å². The molecule has 4 heteroatoms. The fraction of sp³-hybridized carbons (Fsp3) is 0.917. The van der Waals surface area contributed by atoms with Crippen molar-refractivity contribution in [3.63, 3.8) is 0 Å². The predicted octanol–water partition coefficient (Wildman–Crippen LogP) is 0.232. The number of nitrogens with one attached hydrogen (secondary N) is 1. The number of fused-ring (bicyclic) bond motifs is 2. The fourth-order valence-corrected chi connectivity index (χ4v) is 3.01. The first-order valence-electron chi connectivity index (χ1n) is 6.35. The van der Waals surface area contributed by atoms with Crippen LogP contribution in [0.25, 0.3) is 0 Å². The van der Waals surface area contributed by atoms with Gasteiger partial charge in [0, 0.05) is 26.7 Å². The van der Waals surface area contributed by atoms with Crippen LogP contribution in [0.2, 0.25) is 0 Å². The zero-order chi connectivity index (χ0) is 11.1. The molecule has 3 atom stereocenters. The van der Waals surface area contributed by atoms with Gasteiger partial charge in [-0.3, -0.25) is 9.69 Å². The minimum absolute atomic E-state index is 0.0826. The second-order valence-corrected chi connectivity index (χ2v) is 5.41. The Kier molecular flexibility index (Phi) is 2.64. The van der Waals surface area contributed by atoms with Crippen molar-refractivity contribution in [2.75, 3.05) is 26.7 Å². The lowest BCUT2D eigenvalue weighted by Gasteiger charge is -2.32. The van der Waals surface area contributed by atoms with Gasteiger partial charge in [0.2, 0.25) is 5.91 Å². The van der Waals surface area contributed by atoms with Gasteiger partial charge in [-0.05, 0) is 25.2 Å². The molecule has 0 aromatic rings. The first-order valence-corrected chi connectivity index (χ1v) is 6.35. The third-order valence-electron chi connectivity index (χ3n) is 4.03. The fourth-order valence-electron chi connectivity index (χ4n) is 3.01. The van der Waals surface area contributed by atoms with Crippen molar-refractivity contribution in [1.29, 1.82) is 0 Å². The summed E-state index contributed by atoms with van der Waals surface area (Å²) in [4.78, 5) is 14.2. The van der Waals surface area contributed by atoms with E-state index in [0.717, 1.165) is 25.4 Å². The smallest absolute Gasteiger partial charge is 0.225 e. The maximum absolute atomic E-state index is 11.7. The summed E-state index contributed by atoms with van der Waals surface area (Å²) in [6.07, 6.45) is 4.13. The number of amides is 1. The van der Waals surface area contributed by atoms with Gasteiger partial charge >= 0.3 is 0 Å². The molecule has 1 aliphatic carbocycles. The maximum Gasteiger partial charge on any atom is 0.225 e. The summed E-state index contributed by atoms with van der Waals surface area (Å²) in [6.45, 7) is 3.20. The molecule has 4 nitrogen and oxygen atoms in total. The van der Waals surface area contributed by atoms with E-state index in [9.17, 15) is 4.79 Å². The van der Waals surface area contributed by atoms with Gasteiger partial charge < -0.3 is 10.1 Å². The van der Waals surface area contributed by atoms with Crippen molar-refractivity contribution in [3.05, 3.63) is 0 Å². The molecule has 2 saturated heterocycles. The second-order valence-electron chi connectivity index (χ2n) is 5.41. The van der Waals surface area contributed by atoms with Crippen LogP contribution in [0.4, 0.5) is 0 Å². The van der Waals surface area contributed by atoms with Gasteiger partial charge in [0.05, 0.1) is 18.1 Å². The highest BCUT2D eigenvalue weighted by atomic mass is 16.5. The Labute approximate surface area is 96.3 Å². The molecule has 0 radical (unpaired) electrons. The van der Waals surface area contributed by atoms with Crippen LogP contribution in [0.3, 0.4) is 0 Å². The molecule has 3 rings (SSSR count). The number of carbonyl (C=O) groups excluding carboxylic acids is 1. The molecule has 3 aliphatic rings. The number of likely N-dealkylation sites (tertiary alicyclic amines) is 1. The largest absolute Gasteiger partial charge is 0.371 e. The Balaban J connectivity index is 1.61. The van der Waals surface area contributed by atoms with E-state index in [1.807, 2.05) is 0 Å². The number of ether oxygens (including phenoxy) is 1. The standard InChI is InChI=1S/C12H20N2O2/c1-13-12(15)10-4-9-6-14(5-8-2-3-8)7-11(10)16-9/h8-11H,2-7H2,1H3,(H,13,15)/t9-,10-,11+/m0/s1. The quantitative estimate of drug-likeness (QED) is 0.746. The molecule has 2 aliphatic heterocycles. The molecule has 1 amide bonds. The highest BCUT2D eigenvalue weighted by Crippen LogP contribution is 2.35. The average Bonchev–Trinajstić information content (AvgIpc) is 3.03. The third-order valence-corrected chi connectivity index (χ3v) is 4.03. The summed E-state index contributed by atoms with van der Waals surface area (Å²) >= 11 is 0. The lowest BCUT2D eigenvalue weighted by molar-refractivity contribution is -0.127. The van der Waals surface area contributed by atoms with E-state index in [1.54, 1.807) is 7.05 Å². The number of morpholine rings is 1. The molecule has 0 spiro atoms. The van der Waals surface area contributed by atoms with Gasteiger partial charge in [-0.2, -0.15) is 0 Å². The van der Waals surface area contributed by atoms with Gasteiger partial charge in [0.15, 0.2) is 0 Å². The lowest BCUT2D eigenvalue weighted by Crippen LogP contribution is -2.45. The highest BCUT2D eigenvalue weighted by molar-refractivity contribution is 5.79. The molecule has 0 unspecified atom stereocenters. The van der Waals surface area contributed by atoms with Crippen molar-refractivity contribution < 1.29 is 9.53 Å². The van der Waals surface area contributed by atoms with Crippen LogP contribution in [0.1, 0.15) is 19.3 Å². The molecule has 3 fully saturated rings. The zero-order valence-electron chi connectivity index (χ0n) is 9.82. The number of hydrogen-bond donors (Lipinski definition) is 1. The summed E-state index contributed by atoms with van der Waals surface area (Å²) in [7, 11) is 1.71. The van der Waals surface area contributed by atoms with Crippen LogP contribution < -0.4 is 5.32 Å². The Hall–Kier alpha value is -0.610. The summed E-state index contributed by atoms with van der Waals surface area (Å²) < 4.78 is 5.86. The average molecular weight is 224 g/mol. The van der Waals surface area contributed by atoms with Crippen LogP contribution in [0, 0.1) is 11.8 Å². The van der Waals surface area contributed by atoms with E-state index in [4.69, 9.17) is 4.74 Å².